The molecule has 1 N–H and O–H groups in total. The van der Waals surface area contributed by atoms with Gasteiger partial charge in [-0.25, -0.2) is 8.42 Å². The molecule has 0 fully saturated rings. The average molecular weight is 455 g/mol. The third kappa shape index (κ3) is 5.23. The molecule has 0 unspecified atom stereocenters. The zero-order valence-corrected chi connectivity index (χ0v) is 17.9. The third-order valence-corrected chi connectivity index (χ3v) is 6.33. The molecule has 0 saturated heterocycles. The summed E-state index contributed by atoms with van der Waals surface area (Å²) >= 11 is 3.30. The van der Waals surface area contributed by atoms with Gasteiger partial charge in [-0.05, 0) is 43.7 Å². The molecule has 1 amide bonds. The number of methoxy groups -OCH3 is 1. The maximum absolute atomic E-state index is 13.4. The summed E-state index contributed by atoms with van der Waals surface area (Å²) in [6, 6.07) is 13.2. The van der Waals surface area contributed by atoms with Crippen molar-refractivity contribution in [1.82, 2.24) is 5.32 Å². The van der Waals surface area contributed by atoms with Crippen LogP contribution in [0.1, 0.15) is 20.3 Å². The lowest BCUT2D eigenvalue weighted by molar-refractivity contribution is -0.120. The number of amides is 1. The molecule has 0 heterocycles. The van der Waals surface area contributed by atoms with Crippen LogP contribution in [-0.2, 0) is 14.8 Å². The molecule has 0 spiro atoms. The molecular formula is C19H23BrN2O4S. The van der Waals surface area contributed by atoms with Crippen LogP contribution in [0.4, 0.5) is 5.69 Å². The Morgan fingerprint density at radius 1 is 1.22 bits per heavy atom. The Labute approximate surface area is 168 Å². The number of nitrogens with one attached hydrogen (secondary N) is 1. The first kappa shape index (κ1) is 21.2. The molecular weight excluding hydrogens is 432 g/mol. The summed E-state index contributed by atoms with van der Waals surface area (Å²) in [5.74, 6) is -0.160. The van der Waals surface area contributed by atoms with Crippen LogP contribution in [0.25, 0.3) is 0 Å². The fourth-order valence-electron chi connectivity index (χ4n) is 2.43. The monoisotopic (exact) mass is 454 g/mol. The summed E-state index contributed by atoms with van der Waals surface area (Å²) in [5.41, 5.74) is 0.402. The maximum atomic E-state index is 13.4. The lowest BCUT2D eigenvalue weighted by Crippen LogP contribution is -2.43. The predicted octanol–water partition coefficient (Wildman–Crippen LogP) is 3.57. The van der Waals surface area contributed by atoms with Crippen molar-refractivity contribution >= 4 is 37.5 Å². The standard InChI is InChI=1S/C19H23BrN2O4S/c1-4-14(2)21-19(23)13-22(16-8-6-5-7-9-16)27(24,25)18-12-15(20)10-11-17(18)26-3/h5-12,14H,4,13H2,1-3H3,(H,21,23)/t14-/m0/s1. The Morgan fingerprint density at radius 2 is 1.89 bits per heavy atom. The van der Waals surface area contributed by atoms with Crippen molar-refractivity contribution in [2.75, 3.05) is 18.0 Å². The molecule has 2 rings (SSSR count). The van der Waals surface area contributed by atoms with Gasteiger partial charge in [0.2, 0.25) is 5.91 Å². The van der Waals surface area contributed by atoms with E-state index in [4.69, 9.17) is 4.74 Å². The molecule has 0 radical (unpaired) electrons. The number of carbonyl (C=O) groups is 1. The summed E-state index contributed by atoms with van der Waals surface area (Å²) in [5, 5.41) is 2.81. The molecule has 0 aliphatic rings. The van der Waals surface area contributed by atoms with Crippen LogP contribution in [0.3, 0.4) is 0 Å². The fraction of sp³-hybridized carbons (Fsp3) is 0.316. The number of nitrogens with zero attached hydrogens (tertiary/aromatic N) is 1. The molecule has 0 aliphatic carbocycles. The molecule has 6 nitrogen and oxygen atoms in total. The number of anilines is 1. The van der Waals surface area contributed by atoms with E-state index in [1.807, 2.05) is 13.8 Å². The number of rotatable bonds is 8. The summed E-state index contributed by atoms with van der Waals surface area (Å²) in [4.78, 5) is 12.4. The Bertz CT molecular complexity index is 888. The van der Waals surface area contributed by atoms with Gasteiger partial charge < -0.3 is 10.1 Å². The van der Waals surface area contributed by atoms with E-state index in [0.29, 0.717) is 10.2 Å². The van der Waals surface area contributed by atoms with Crippen LogP contribution < -0.4 is 14.4 Å². The van der Waals surface area contributed by atoms with E-state index in [1.165, 1.54) is 13.2 Å². The van der Waals surface area contributed by atoms with Gasteiger partial charge in [-0.1, -0.05) is 41.1 Å². The van der Waals surface area contributed by atoms with Crippen molar-refractivity contribution in [3.63, 3.8) is 0 Å². The van der Waals surface area contributed by atoms with E-state index in [0.717, 1.165) is 10.7 Å². The first-order valence-electron chi connectivity index (χ1n) is 8.50. The Balaban J connectivity index is 2.50. The second kappa shape index (κ2) is 9.23. The van der Waals surface area contributed by atoms with E-state index in [2.05, 4.69) is 21.2 Å². The number of halogens is 1. The molecule has 1 atom stereocenters. The number of hydrogen-bond donors (Lipinski definition) is 1. The molecule has 2 aromatic rings. The van der Waals surface area contributed by atoms with Crippen molar-refractivity contribution in [1.29, 1.82) is 0 Å². The van der Waals surface area contributed by atoms with Crippen LogP contribution in [-0.4, -0.2) is 34.0 Å². The van der Waals surface area contributed by atoms with Gasteiger partial charge in [0.1, 0.15) is 17.2 Å². The highest BCUT2D eigenvalue weighted by molar-refractivity contribution is 9.10. The van der Waals surface area contributed by atoms with E-state index in [9.17, 15) is 13.2 Å². The molecule has 146 valence electrons. The van der Waals surface area contributed by atoms with Gasteiger partial charge in [0, 0.05) is 10.5 Å². The highest BCUT2D eigenvalue weighted by Crippen LogP contribution is 2.32. The van der Waals surface area contributed by atoms with Crippen LogP contribution in [0.15, 0.2) is 57.9 Å². The molecule has 0 bridgehead atoms. The summed E-state index contributed by atoms with van der Waals surface area (Å²) in [6.07, 6.45) is 0.753. The smallest absolute Gasteiger partial charge is 0.268 e. The van der Waals surface area contributed by atoms with Gasteiger partial charge in [0.25, 0.3) is 10.0 Å². The number of benzene rings is 2. The Morgan fingerprint density at radius 3 is 2.48 bits per heavy atom. The van der Waals surface area contributed by atoms with E-state index in [1.54, 1.807) is 42.5 Å². The lowest BCUT2D eigenvalue weighted by Gasteiger charge is -2.25. The van der Waals surface area contributed by atoms with Gasteiger partial charge in [-0.3, -0.25) is 9.10 Å². The van der Waals surface area contributed by atoms with Crippen molar-refractivity contribution in [2.45, 2.75) is 31.2 Å². The zero-order chi connectivity index (χ0) is 20.0. The maximum Gasteiger partial charge on any atom is 0.268 e. The molecule has 0 aliphatic heterocycles. The van der Waals surface area contributed by atoms with Gasteiger partial charge in [-0.15, -0.1) is 0 Å². The first-order chi connectivity index (χ1) is 12.8. The SMILES string of the molecule is CC[C@H](C)NC(=O)CN(c1ccccc1)S(=O)(=O)c1cc(Br)ccc1OC. The van der Waals surface area contributed by atoms with Gasteiger partial charge in [0.05, 0.1) is 12.8 Å². The number of hydrogen-bond acceptors (Lipinski definition) is 4. The molecule has 0 saturated carbocycles. The summed E-state index contributed by atoms with van der Waals surface area (Å²) in [7, 11) is -2.63. The number of carbonyl (C=O) groups excluding carboxylic acids is 1. The Kier molecular flexibility index (Phi) is 7.26. The van der Waals surface area contributed by atoms with Gasteiger partial charge >= 0.3 is 0 Å². The second-order valence-electron chi connectivity index (χ2n) is 6.02. The third-order valence-electron chi connectivity index (χ3n) is 4.04. The largest absolute Gasteiger partial charge is 0.495 e. The quantitative estimate of drug-likeness (QED) is 0.661. The number of para-hydroxylation sites is 1. The normalized spacial score (nSPS) is 12.3. The van der Waals surface area contributed by atoms with Crippen LogP contribution >= 0.6 is 15.9 Å². The molecule has 27 heavy (non-hydrogen) atoms. The highest BCUT2D eigenvalue weighted by Gasteiger charge is 2.30. The lowest BCUT2D eigenvalue weighted by atomic mass is 10.2. The van der Waals surface area contributed by atoms with Crippen molar-refractivity contribution < 1.29 is 17.9 Å². The van der Waals surface area contributed by atoms with Gasteiger partial charge in [0.15, 0.2) is 0 Å². The van der Waals surface area contributed by atoms with Crippen LogP contribution in [0.5, 0.6) is 5.75 Å². The van der Waals surface area contributed by atoms with Crippen molar-refractivity contribution in [3.8, 4) is 5.75 Å². The summed E-state index contributed by atoms with van der Waals surface area (Å²) in [6.45, 7) is 3.49. The predicted molar refractivity (Wildman–Crippen MR) is 110 cm³/mol. The highest BCUT2D eigenvalue weighted by atomic mass is 79.9. The summed E-state index contributed by atoms with van der Waals surface area (Å²) < 4.78 is 33.7. The fourth-order valence-corrected chi connectivity index (χ4v) is 4.55. The van der Waals surface area contributed by atoms with E-state index >= 15 is 0 Å². The average Bonchev–Trinajstić information content (AvgIpc) is 2.66. The molecule has 8 heteroatoms. The van der Waals surface area contributed by atoms with Crippen LogP contribution in [0.2, 0.25) is 0 Å². The van der Waals surface area contributed by atoms with Crippen LogP contribution in [0, 0.1) is 0 Å². The van der Waals surface area contributed by atoms with Crippen molar-refractivity contribution in [2.24, 2.45) is 0 Å². The zero-order valence-electron chi connectivity index (χ0n) is 15.5. The minimum Gasteiger partial charge on any atom is -0.495 e. The number of ether oxygens (including phenoxy) is 1. The second-order valence-corrected chi connectivity index (χ2v) is 8.77. The topological polar surface area (TPSA) is 75.7 Å². The van der Waals surface area contributed by atoms with Gasteiger partial charge in [-0.2, -0.15) is 0 Å². The minimum atomic E-state index is -4.04. The van der Waals surface area contributed by atoms with E-state index < -0.39 is 10.0 Å². The first-order valence-corrected chi connectivity index (χ1v) is 10.7. The molecule has 0 aromatic heterocycles. The Hall–Kier alpha value is -2.06. The minimum absolute atomic E-state index is 0.0143. The number of sulfonamides is 1. The molecule has 2 aromatic carbocycles. The van der Waals surface area contributed by atoms with E-state index in [-0.39, 0.29) is 29.1 Å². The van der Waals surface area contributed by atoms with Crippen molar-refractivity contribution in [3.05, 3.63) is 53.0 Å².